The average molecular weight is 377 g/mol. The van der Waals surface area contributed by atoms with Crippen molar-refractivity contribution in [3.63, 3.8) is 0 Å². The molecular formula is C23H27N3O2. The number of fused-ring (bicyclic) bond motifs is 1. The van der Waals surface area contributed by atoms with Gasteiger partial charge in [0, 0.05) is 25.5 Å². The highest BCUT2D eigenvalue weighted by molar-refractivity contribution is 6.08. The van der Waals surface area contributed by atoms with Gasteiger partial charge in [-0.1, -0.05) is 6.07 Å². The summed E-state index contributed by atoms with van der Waals surface area (Å²) in [6, 6.07) is 10.0. The molecule has 5 heteroatoms. The second kappa shape index (κ2) is 8.85. The van der Waals surface area contributed by atoms with Crippen molar-refractivity contribution in [3.05, 3.63) is 65.0 Å². The molecule has 3 rings (SSSR count). The van der Waals surface area contributed by atoms with E-state index in [1.165, 1.54) is 0 Å². The van der Waals surface area contributed by atoms with Crippen LogP contribution in [0.2, 0.25) is 0 Å². The largest absolute Gasteiger partial charge is 0.497 e. The van der Waals surface area contributed by atoms with Gasteiger partial charge in [-0.05, 0) is 84.8 Å². The molecule has 0 fully saturated rings. The fourth-order valence-electron chi connectivity index (χ4n) is 3.38. The zero-order chi connectivity index (χ0) is 20.1. The molecule has 28 heavy (non-hydrogen) atoms. The quantitative estimate of drug-likeness (QED) is 0.803. The predicted molar refractivity (Wildman–Crippen MR) is 114 cm³/mol. The number of hydrogen-bond donors (Lipinski definition) is 1. The van der Waals surface area contributed by atoms with Crippen LogP contribution in [0.5, 0.6) is 5.75 Å². The molecular weight excluding hydrogens is 350 g/mol. The molecule has 0 radical (unpaired) electrons. The molecule has 1 aliphatic rings. The lowest BCUT2D eigenvalue weighted by Crippen LogP contribution is -2.31. The number of ether oxygens (including phenoxy) is 1. The summed E-state index contributed by atoms with van der Waals surface area (Å²) in [7, 11) is 5.65. The zero-order valence-corrected chi connectivity index (χ0v) is 17.0. The highest BCUT2D eigenvalue weighted by Crippen LogP contribution is 2.44. The lowest BCUT2D eigenvalue weighted by molar-refractivity contribution is -0.120. The van der Waals surface area contributed by atoms with Gasteiger partial charge in [0.05, 0.1) is 13.5 Å². The van der Waals surface area contributed by atoms with Crippen molar-refractivity contribution in [2.24, 2.45) is 0 Å². The van der Waals surface area contributed by atoms with E-state index in [2.05, 4.69) is 34.3 Å². The molecule has 1 N–H and O–H groups in total. The van der Waals surface area contributed by atoms with Crippen LogP contribution in [0.1, 0.15) is 30.0 Å². The highest BCUT2D eigenvalue weighted by Gasteiger charge is 2.25. The number of amides is 1. The maximum atomic E-state index is 12.5. The van der Waals surface area contributed by atoms with Crippen LogP contribution in [0.3, 0.4) is 0 Å². The summed E-state index contributed by atoms with van der Waals surface area (Å²) in [5, 5.41) is 3.01. The maximum absolute atomic E-state index is 12.5. The first-order valence-corrected chi connectivity index (χ1v) is 9.41. The van der Waals surface area contributed by atoms with Gasteiger partial charge in [0.15, 0.2) is 0 Å². The second-order valence-electron chi connectivity index (χ2n) is 7.18. The molecule has 0 unspecified atom stereocenters. The number of rotatable bonds is 7. The lowest BCUT2D eigenvalue weighted by Gasteiger charge is -2.12. The number of nitrogens with zero attached hydrogens (tertiary/aromatic N) is 2. The summed E-state index contributed by atoms with van der Waals surface area (Å²) >= 11 is 0. The van der Waals surface area contributed by atoms with E-state index in [4.69, 9.17) is 4.74 Å². The van der Waals surface area contributed by atoms with Gasteiger partial charge >= 0.3 is 0 Å². The monoisotopic (exact) mass is 377 g/mol. The van der Waals surface area contributed by atoms with E-state index < -0.39 is 0 Å². The molecule has 1 heterocycles. The minimum atomic E-state index is 0.0372. The minimum absolute atomic E-state index is 0.0372. The highest BCUT2D eigenvalue weighted by atomic mass is 16.5. The molecule has 1 aromatic carbocycles. The normalized spacial score (nSPS) is 14.5. The van der Waals surface area contributed by atoms with Gasteiger partial charge in [0.2, 0.25) is 5.91 Å². The summed E-state index contributed by atoms with van der Waals surface area (Å²) in [4.78, 5) is 18.7. The standard InChI is InChI=1S/C23H27N3O2/c1-16-20(13-17-7-9-24-10-8-17)19-6-5-18(28-4)14-22(19)21(16)15-23(27)25-11-12-26(2)3/h5-10,13-14H,11-12,15H2,1-4H3,(H,25,27). The van der Waals surface area contributed by atoms with Crippen LogP contribution >= 0.6 is 0 Å². The Morgan fingerprint density at radius 2 is 1.93 bits per heavy atom. The number of allylic oxidation sites excluding steroid dienone is 2. The Morgan fingerprint density at radius 3 is 2.61 bits per heavy atom. The van der Waals surface area contributed by atoms with Crippen LogP contribution < -0.4 is 10.1 Å². The Kier molecular flexibility index (Phi) is 6.26. The zero-order valence-electron chi connectivity index (χ0n) is 17.0. The number of nitrogens with one attached hydrogen (secondary N) is 1. The number of pyridine rings is 1. The number of likely N-dealkylation sites (N-methyl/N-ethyl adjacent to an activating group) is 1. The Labute approximate surface area is 166 Å². The third-order valence-corrected chi connectivity index (χ3v) is 4.93. The topological polar surface area (TPSA) is 54.5 Å². The van der Waals surface area contributed by atoms with Crippen molar-refractivity contribution in [3.8, 4) is 5.75 Å². The van der Waals surface area contributed by atoms with Crippen molar-refractivity contribution >= 4 is 23.1 Å². The molecule has 0 spiro atoms. The van der Waals surface area contributed by atoms with Gasteiger partial charge in [-0.2, -0.15) is 0 Å². The molecule has 0 bridgehead atoms. The van der Waals surface area contributed by atoms with Crippen LogP contribution in [-0.2, 0) is 4.79 Å². The average Bonchev–Trinajstić information content (AvgIpc) is 2.93. The first kappa shape index (κ1) is 19.8. The molecule has 1 amide bonds. The molecule has 5 nitrogen and oxygen atoms in total. The summed E-state index contributed by atoms with van der Waals surface area (Å²) in [5.74, 6) is 0.831. The number of benzene rings is 1. The molecule has 0 saturated heterocycles. The van der Waals surface area contributed by atoms with Gasteiger partial charge in [-0.3, -0.25) is 9.78 Å². The molecule has 146 valence electrons. The molecule has 1 aliphatic carbocycles. The third-order valence-electron chi connectivity index (χ3n) is 4.93. The van der Waals surface area contributed by atoms with Crippen molar-refractivity contribution < 1.29 is 9.53 Å². The van der Waals surface area contributed by atoms with Crippen LogP contribution in [0.4, 0.5) is 0 Å². The van der Waals surface area contributed by atoms with E-state index in [-0.39, 0.29) is 5.91 Å². The van der Waals surface area contributed by atoms with Crippen LogP contribution in [-0.4, -0.2) is 50.1 Å². The molecule has 1 aromatic heterocycles. The molecule has 0 aliphatic heterocycles. The molecule has 0 atom stereocenters. The summed E-state index contributed by atoms with van der Waals surface area (Å²) in [5.41, 5.74) is 6.60. The Hall–Kier alpha value is -2.92. The minimum Gasteiger partial charge on any atom is -0.497 e. The molecule has 2 aromatic rings. The fourth-order valence-corrected chi connectivity index (χ4v) is 3.38. The second-order valence-corrected chi connectivity index (χ2v) is 7.18. The number of methoxy groups -OCH3 is 1. The van der Waals surface area contributed by atoms with E-state index in [0.29, 0.717) is 13.0 Å². The third kappa shape index (κ3) is 4.49. The smallest absolute Gasteiger partial charge is 0.224 e. The van der Waals surface area contributed by atoms with Gasteiger partial charge in [0.1, 0.15) is 5.75 Å². The van der Waals surface area contributed by atoms with Gasteiger partial charge < -0.3 is 15.0 Å². The van der Waals surface area contributed by atoms with E-state index in [9.17, 15) is 4.79 Å². The van der Waals surface area contributed by atoms with Gasteiger partial charge in [-0.15, -0.1) is 0 Å². The van der Waals surface area contributed by atoms with Gasteiger partial charge in [0.25, 0.3) is 0 Å². The van der Waals surface area contributed by atoms with Crippen LogP contribution in [0.25, 0.3) is 17.2 Å². The first-order chi connectivity index (χ1) is 13.5. The Balaban J connectivity index is 1.93. The first-order valence-electron chi connectivity index (χ1n) is 9.41. The van der Waals surface area contributed by atoms with E-state index in [0.717, 1.165) is 45.7 Å². The fraction of sp³-hybridized carbons (Fsp3) is 0.304. The number of carbonyl (C=O) groups is 1. The SMILES string of the molecule is COc1ccc2c(c1)C(CC(=O)NCCN(C)C)=C(C)C2=Cc1ccncc1. The number of hydrogen-bond acceptors (Lipinski definition) is 4. The van der Waals surface area contributed by atoms with Gasteiger partial charge in [-0.25, -0.2) is 0 Å². The maximum Gasteiger partial charge on any atom is 0.224 e. The van der Waals surface area contributed by atoms with E-state index >= 15 is 0 Å². The Bertz CT molecular complexity index is 915. The number of aromatic nitrogens is 1. The van der Waals surface area contributed by atoms with E-state index in [1.54, 1.807) is 19.5 Å². The van der Waals surface area contributed by atoms with E-state index in [1.807, 2.05) is 38.4 Å². The predicted octanol–water partition coefficient (Wildman–Crippen LogP) is 3.49. The molecule has 0 saturated carbocycles. The lowest BCUT2D eigenvalue weighted by atomic mass is 10.0. The van der Waals surface area contributed by atoms with Crippen molar-refractivity contribution in [1.29, 1.82) is 0 Å². The van der Waals surface area contributed by atoms with Crippen LogP contribution in [0, 0.1) is 0 Å². The summed E-state index contributed by atoms with van der Waals surface area (Å²) in [6.07, 6.45) is 6.08. The Morgan fingerprint density at radius 1 is 1.18 bits per heavy atom. The summed E-state index contributed by atoms with van der Waals surface area (Å²) in [6.45, 7) is 3.55. The number of carbonyl (C=O) groups excluding carboxylic acids is 1. The summed E-state index contributed by atoms with van der Waals surface area (Å²) < 4.78 is 5.42. The van der Waals surface area contributed by atoms with Crippen molar-refractivity contribution in [2.75, 3.05) is 34.3 Å². The van der Waals surface area contributed by atoms with Crippen molar-refractivity contribution in [1.82, 2.24) is 15.2 Å². The van der Waals surface area contributed by atoms with Crippen LogP contribution in [0.15, 0.2) is 48.3 Å². The van der Waals surface area contributed by atoms with Crippen molar-refractivity contribution in [2.45, 2.75) is 13.3 Å².